The van der Waals surface area contributed by atoms with Crippen molar-refractivity contribution in [3.63, 3.8) is 0 Å². The third-order valence-electron chi connectivity index (χ3n) is 3.76. The van der Waals surface area contributed by atoms with E-state index < -0.39 is 5.60 Å². The average molecular weight is 195 g/mol. The Hall–Kier alpha value is -0.660. The molecule has 2 fully saturated rings. The van der Waals surface area contributed by atoms with E-state index in [1.165, 1.54) is 12.8 Å². The van der Waals surface area contributed by atoms with Crippen LogP contribution in [-0.2, 0) is 4.79 Å². The zero-order valence-corrected chi connectivity index (χ0v) is 8.62. The van der Waals surface area contributed by atoms with Crippen LogP contribution in [0.5, 0.6) is 0 Å². The molecule has 0 amide bonds. The van der Waals surface area contributed by atoms with Crippen LogP contribution in [0.15, 0.2) is 4.99 Å². The van der Waals surface area contributed by atoms with Gasteiger partial charge in [-0.05, 0) is 25.7 Å². The molecule has 0 spiro atoms. The second-order valence-corrected chi connectivity index (χ2v) is 5.14. The predicted octanol–water partition coefficient (Wildman–Crippen LogP) is 1.80. The monoisotopic (exact) mass is 195 g/mol. The molecule has 78 valence electrons. The predicted molar refractivity (Wildman–Crippen MR) is 52.7 cm³/mol. The first kappa shape index (κ1) is 9.88. The number of hydrogen-bond acceptors (Lipinski definition) is 3. The number of carbonyl (C=O) groups excluding carboxylic acids is 1. The summed E-state index contributed by atoms with van der Waals surface area (Å²) >= 11 is 0. The van der Waals surface area contributed by atoms with Crippen LogP contribution in [-0.4, -0.2) is 22.3 Å². The third-order valence-corrected chi connectivity index (χ3v) is 3.76. The van der Waals surface area contributed by atoms with E-state index in [1.807, 2.05) is 6.92 Å². The molecule has 1 N–H and O–H groups in total. The maximum Gasteiger partial charge on any atom is 0.235 e. The summed E-state index contributed by atoms with van der Waals surface area (Å²) in [5, 5.41) is 9.75. The van der Waals surface area contributed by atoms with Crippen molar-refractivity contribution in [3.8, 4) is 0 Å². The average Bonchev–Trinajstić information content (AvgIpc) is 2.52. The Labute approximate surface area is 84.2 Å². The lowest BCUT2D eigenvalue weighted by Gasteiger charge is -2.51. The molecule has 2 aliphatic rings. The molecule has 3 nitrogen and oxygen atoms in total. The number of nitrogens with zero attached hydrogens (tertiary/aromatic N) is 1. The van der Waals surface area contributed by atoms with E-state index in [-0.39, 0.29) is 5.54 Å². The Morgan fingerprint density at radius 1 is 1.36 bits per heavy atom. The van der Waals surface area contributed by atoms with Crippen molar-refractivity contribution < 1.29 is 9.90 Å². The van der Waals surface area contributed by atoms with E-state index in [4.69, 9.17) is 0 Å². The maximum atomic E-state index is 10.4. The van der Waals surface area contributed by atoms with Crippen molar-refractivity contribution in [2.75, 3.05) is 0 Å². The number of hydrogen-bond donors (Lipinski definition) is 1. The normalized spacial score (nSPS) is 43.0. The van der Waals surface area contributed by atoms with Gasteiger partial charge in [-0.1, -0.05) is 12.8 Å². The van der Waals surface area contributed by atoms with E-state index >= 15 is 0 Å². The summed E-state index contributed by atoms with van der Waals surface area (Å²) in [5.74, 6) is 0.504. The smallest absolute Gasteiger partial charge is 0.235 e. The standard InChI is InChI=1S/C11H17NO2/c1-10(14)6-11(7-10,12-8-13)9-4-2-3-5-9/h9,14H,2-7H2,1H3. The lowest BCUT2D eigenvalue weighted by Crippen LogP contribution is -2.57. The van der Waals surface area contributed by atoms with Gasteiger partial charge in [-0.2, -0.15) is 4.99 Å². The van der Waals surface area contributed by atoms with Crippen LogP contribution in [0.3, 0.4) is 0 Å². The largest absolute Gasteiger partial charge is 0.390 e. The number of aliphatic hydroxyl groups is 1. The molecule has 0 radical (unpaired) electrons. The highest BCUT2D eigenvalue weighted by Gasteiger charge is 2.55. The van der Waals surface area contributed by atoms with Gasteiger partial charge in [-0.3, -0.25) is 0 Å². The SMILES string of the molecule is CC1(O)CC(N=C=O)(C2CCCC2)C1. The molecular formula is C11H17NO2. The maximum absolute atomic E-state index is 10.4. The zero-order chi connectivity index (χ0) is 10.2. The molecule has 0 bridgehead atoms. The molecule has 0 aromatic carbocycles. The minimum Gasteiger partial charge on any atom is -0.390 e. The van der Waals surface area contributed by atoms with Crippen LogP contribution >= 0.6 is 0 Å². The molecule has 2 aliphatic carbocycles. The summed E-state index contributed by atoms with van der Waals surface area (Å²) in [6, 6.07) is 0. The van der Waals surface area contributed by atoms with Crippen LogP contribution in [0.4, 0.5) is 0 Å². The van der Waals surface area contributed by atoms with Crippen molar-refractivity contribution in [2.24, 2.45) is 10.9 Å². The van der Waals surface area contributed by atoms with Crippen LogP contribution in [0.1, 0.15) is 45.4 Å². The van der Waals surface area contributed by atoms with Gasteiger partial charge in [0.05, 0.1) is 11.1 Å². The van der Waals surface area contributed by atoms with Crippen molar-refractivity contribution in [1.82, 2.24) is 0 Å². The van der Waals surface area contributed by atoms with Gasteiger partial charge in [-0.25, -0.2) is 4.79 Å². The molecule has 2 rings (SSSR count). The van der Waals surface area contributed by atoms with Gasteiger partial charge in [-0.15, -0.1) is 0 Å². The van der Waals surface area contributed by atoms with Crippen LogP contribution in [0.25, 0.3) is 0 Å². The van der Waals surface area contributed by atoms with E-state index in [9.17, 15) is 9.90 Å². The number of aliphatic imine (C=N–C) groups is 1. The third kappa shape index (κ3) is 1.51. The molecule has 0 aliphatic heterocycles. The van der Waals surface area contributed by atoms with Crippen LogP contribution in [0, 0.1) is 5.92 Å². The number of isocyanates is 1. The van der Waals surface area contributed by atoms with E-state index in [2.05, 4.69) is 4.99 Å². The molecule has 0 aromatic heterocycles. The highest BCUT2D eigenvalue weighted by atomic mass is 16.3. The fourth-order valence-electron chi connectivity index (χ4n) is 3.28. The molecule has 0 unspecified atom stereocenters. The molecule has 0 atom stereocenters. The summed E-state index contributed by atoms with van der Waals surface area (Å²) in [4.78, 5) is 14.4. The first-order valence-corrected chi connectivity index (χ1v) is 5.39. The minimum atomic E-state index is -0.608. The minimum absolute atomic E-state index is 0.262. The summed E-state index contributed by atoms with van der Waals surface area (Å²) < 4.78 is 0. The fourth-order valence-corrected chi connectivity index (χ4v) is 3.28. The van der Waals surface area contributed by atoms with E-state index in [1.54, 1.807) is 6.08 Å². The van der Waals surface area contributed by atoms with Gasteiger partial charge in [0.1, 0.15) is 0 Å². The first-order chi connectivity index (χ1) is 6.58. The summed E-state index contributed by atoms with van der Waals surface area (Å²) in [6.45, 7) is 1.82. The van der Waals surface area contributed by atoms with Gasteiger partial charge in [0.25, 0.3) is 0 Å². The molecule has 2 saturated carbocycles. The van der Waals surface area contributed by atoms with Gasteiger partial charge in [0.15, 0.2) is 0 Å². The number of rotatable bonds is 2. The van der Waals surface area contributed by atoms with Gasteiger partial charge in [0, 0.05) is 12.8 Å². The topological polar surface area (TPSA) is 49.7 Å². The van der Waals surface area contributed by atoms with Gasteiger partial charge >= 0.3 is 0 Å². The summed E-state index contributed by atoms with van der Waals surface area (Å²) in [6.07, 6.45) is 7.75. The Balaban J connectivity index is 2.13. The molecule has 0 aromatic rings. The Bertz CT molecular complexity index is 265. The fraction of sp³-hybridized carbons (Fsp3) is 0.909. The van der Waals surface area contributed by atoms with Crippen LogP contribution in [0.2, 0.25) is 0 Å². The van der Waals surface area contributed by atoms with E-state index in [0.29, 0.717) is 18.8 Å². The van der Waals surface area contributed by atoms with Gasteiger partial charge < -0.3 is 5.11 Å². The second-order valence-electron chi connectivity index (χ2n) is 5.14. The van der Waals surface area contributed by atoms with Crippen molar-refractivity contribution in [3.05, 3.63) is 0 Å². The molecular weight excluding hydrogens is 178 g/mol. The highest BCUT2D eigenvalue weighted by molar-refractivity contribution is 5.37. The quantitative estimate of drug-likeness (QED) is 0.539. The molecule has 3 heteroatoms. The van der Waals surface area contributed by atoms with Crippen LogP contribution < -0.4 is 0 Å². The van der Waals surface area contributed by atoms with Crippen molar-refractivity contribution in [1.29, 1.82) is 0 Å². The highest BCUT2D eigenvalue weighted by Crippen LogP contribution is 2.52. The first-order valence-electron chi connectivity index (χ1n) is 5.39. The lowest BCUT2D eigenvalue weighted by molar-refractivity contribution is -0.0899. The molecule has 0 heterocycles. The van der Waals surface area contributed by atoms with Gasteiger partial charge in [0.2, 0.25) is 6.08 Å². The zero-order valence-electron chi connectivity index (χ0n) is 8.62. The lowest BCUT2D eigenvalue weighted by atomic mass is 9.60. The van der Waals surface area contributed by atoms with Crippen molar-refractivity contribution >= 4 is 6.08 Å². The molecule has 0 saturated heterocycles. The summed E-state index contributed by atoms with van der Waals surface area (Å²) in [5.41, 5.74) is -0.870. The Kier molecular flexibility index (Phi) is 2.24. The Morgan fingerprint density at radius 3 is 2.36 bits per heavy atom. The second kappa shape index (κ2) is 3.18. The Morgan fingerprint density at radius 2 is 1.93 bits per heavy atom. The molecule has 14 heavy (non-hydrogen) atoms. The van der Waals surface area contributed by atoms with E-state index in [0.717, 1.165) is 12.8 Å². The van der Waals surface area contributed by atoms with Crippen molar-refractivity contribution in [2.45, 2.75) is 56.6 Å². The summed E-state index contributed by atoms with van der Waals surface area (Å²) in [7, 11) is 0.